The van der Waals surface area contributed by atoms with E-state index in [2.05, 4.69) is 4.57 Å². The molecule has 1 unspecified atom stereocenters. The minimum atomic E-state index is -3.51. The fourth-order valence-corrected chi connectivity index (χ4v) is 7.35. The Morgan fingerprint density at radius 1 is 1.11 bits per heavy atom. The van der Waals surface area contributed by atoms with Gasteiger partial charge in [-0.3, -0.25) is 0 Å². The van der Waals surface area contributed by atoms with Crippen molar-refractivity contribution in [3.05, 3.63) is 42.0 Å². The Labute approximate surface area is 210 Å². The van der Waals surface area contributed by atoms with Gasteiger partial charge >= 0.3 is 0 Å². The van der Waals surface area contributed by atoms with Gasteiger partial charge in [0.05, 0.1) is 42.8 Å². The summed E-state index contributed by atoms with van der Waals surface area (Å²) in [4.78, 5) is 5.19. The Bertz CT molecular complexity index is 1300. The number of thioether (sulfide) groups is 1. The lowest BCUT2D eigenvalue weighted by atomic mass is 10.2. The Balaban J connectivity index is 1.49. The summed E-state index contributed by atoms with van der Waals surface area (Å²) in [5.41, 5.74) is 2.61. The summed E-state index contributed by atoms with van der Waals surface area (Å²) in [6.45, 7) is 2.62. The average Bonchev–Trinajstić information content (AvgIpc) is 3.64. The predicted molar refractivity (Wildman–Crippen MR) is 136 cm³/mol. The number of hydrogen-bond donors (Lipinski definition) is 0. The maximum atomic E-state index is 13.1. The van der Waals surface area contributed by atoms with E-state index in [1.807, 2.05) is 24.3 Å². The van der Waals surface area contributed by atoms with E-state index in [1.54, 1.807) is 42.4 Å². The standard InChI is InChI=1S/C25H31N3O5S2/c1-31-23-9-5-7-18(24(23)32-2)17-34-25-26-21-15-20(35(29,30)27-12-3-4-13-27)10-11-22(21)28(25)16-19-8-6-14-33-19/h5,7,9-11,15,19H,3-4,6,8,12-14,16-17H2,1-2H3. The van der Waals surface area contributed by atoms with Crippen molar-refractivity contribution in [2.45, 2.75) is 54.1 Å². The van der Waals surface area contributed by atoms with Gasteiger partial charge in [0.15, 0.2) is 16.7 Å². The molecule has 2 aromatic carbocycles. The van der Waals surface area contributed by atoms with Crippen molar-refractivity contribution in [1.82, 2.24) is 13.9 Å². The second kappa shape index (κ2) is 10.4. The van der Waals surface area contributed by atoms with E-state index in [9.17, 15) is 8.42 Å². The van der Waals surface area contributed by atoms with E-state index in [1.165, 1.54) is 0 Å². The molecule has 1 aromatic heterocycles. The van der Waals surface area contributed by atoms with Crippen LogP contribution in [0.3, 0.4) is 0 Å². The predicted octanol–water partition coefficient (Wildman–Crippen LogP) is 4.31. The number of benzene rings is 2. The van der Waals surface area contributed by atoms with Gasteiger partial charge in [0.2, 0.25) is 10.0 Å². The zero-order valence-electron chi connectivity index (χ0n) is 20.1. The normalized spacial score (nSPS) is 19.0. The highest BCUT2D eigenvalue weighted by Crippen LogP contribution is 2.36. The van der Waals surface area contributed by atoms with Gasteiger partial charge in [0, 0.05) is 31.0 Å². The summed E-state index contributed by atoms with van der Waals surface area (Å²) >= 11 is 1.60. The summed E-state index contributed by atoms with van der Waals surface area (Å²) in [5, 5.41) is 0.830. The smallest absolute Gasteiger partial charge is 0.243 e. The van der Waals surface area contributed by atoms with E-state index in [0.29, 0.717) is 47.3 Å². The van der Waals surface area contributed by atoms with Crippen LogP contribution in [0.4, 0.5) is 0 Å². The highest BCUT2D eigenvalue weighted by molar-refractivity contribution is 7.98. The number of para-hydroxylation sites is 1. The van der Waals surface area contributed by atoms with Gasteiger partial charge in [-0.15, -0.1) is 0 Å². The van der Waals surface area contributed by atoms with Gasteiger partial charge in [-0.05, 0) is 49.9 Å². The Hall–Kier alpha value is -2.27. The molecule has 3 aromatic rings. The van der Waals surface area contributed by atoms with Crippen molar-refractivity contribution in [3.63, 3.8) is 0 Å². The van der Waals surface area contributed by atoms with Crippen molar-refractivity contribution >= 4 is 32.8 Å². The first-order valence-electron chi connectivity index (χ1n) is 12.0. The molecule has 0 N–H and O–H groups in total. The van der Waals surface area contributed by atoms with E-state index in [-0.39, 0.29) is 6.10 Å². The molecule has 0 bridgehead atoms. The van der Waals surface area contributed by atoms with Gasteiger partial charge in [-0.2, -0.15) is 4.31 Å². The van der Waals surface area contributed by atoms with E-state index >= 15 is 0 Å². The molecule has 0 spiro atoms. The van der Waals surface area contributed by atoms with Crippen molar-refractivity contribution in [1.29, 1.82) is 0 Å². The number of ether oxygens (including phenoxy) is 3. The third kappa shape index (κ3) is 4.89. The maximum absolute atomic E-state index is 13.1. The number of methoxy groups -OCH3 is 2. The van der Waals surface area contributed by atoms with Crippen LogP contribution in [-0.2, 0) is 27.1 Å². The van der Waals surface area contributed by atoms with Gasteiger partial charge in [0.25, 0.3) is 0 Å². The molecule has 1 atom stereocenters. The largest absolute Gasteiger partial charge is 0.493 e. The minimum absolute atomic E-state index is 0.131. The highest BCUT2D eigenvalue weighted by Gasteiger charge is 2.28. The van der Waals surface area contributed by atoms with Crippen LogP contribution < -0.4 is 9.47 Å². The van der Waals surface area contributed by atoms with E-state index in [0.717, 1.165) is 48.5 Å². The molecular formula is C25H31N3O5S2. The number of sulfonamides is 1. The average molecular weight is 518 g/mol. The molecule has 10 heteroatoms. The van der Waals surface area contributed by atoms with Gasteiger partial charge < -0.3 is 18.8 Å². The van der Waals surface area contributed by atoms with Crippen molar-refractivity contribution in [2.75, 3.05) is 33.9 Å². The monoisotopic (exact) mass is 517 g/mol. The summed E-state index contributed by atoms with van der Waals surface area (Å²) in [7, 11) is -0.237. The summed E-state index contributed by atoms with van der Waals surface area (Å²) in [6, 6.07) is 11.1. The second-order valence-electron chi connectivity index (χ2n) is 8.84. The van der Waals surface area contributed by atoms with Crippen LogP contribution in [0, 0.1) is 0 Å². The number of imidazole rings is 1. The number of fused-ring (bicyclic) bond motifs is 1. The molecule has 2 aliphatic rings. The fraction of sp³-hybridized carbons (Fsp3) is 0.480. The van der Waals surface area contributed by atoms with Crippen LogP contribution >= 0.6 is 11.8 Å². The summed E-state index contributed by atoms with van der Waals surface area (Å²) < 4.78 is 46.9. The number of aromatic nitrogens is 2. The van der Waals surface area contributed by atoms with Crippen LogP contribution in [-0.4, -0.2) is 62.3 Å². The number of nitrogens with zero attached hydrogens (tertiary/aromatic N) is 3. The van der Waals surface area contributed by atoms with Crippen molar-refractivity contribution in [3.8, 4) is 11.5 Å². The molecule has 35 heavy (non-hydrogen) atoms. The molecule has 2 aliphatic heterocycles. The first-order chi connectivity index (χ1) is 17.0. The molecule has 2 fully saturated rings. The summed E-state index contributed by atoms with van der Waals surface area (Å²) in [5.74, 6) is 2.03. The molecule has 2 saturated heterocycles. The van der Waals surface area contributed by atoms with E-state index < -0.39 is 10.0 Å². The number of rotatable bonds is 9. The van der Waals surface area contributed by atoms with Crippen LogP contribution in [0.5, 0.6) is 11.5 Å². The van der Waals surface area contributed by atoms with Crippen molar-refractivity contribution in [2.24, 2.45) is 0 Å². The zero-order chi connectivity index (χ0) is 24.4. The molecule has 3 heterocycles. The highest BCUT2D eigenvalue weighted by atomic mass is 32.2. The van der Waals surface area contributed by atoms with Gasteiger partial charge in [0.1, 0.15) is 0 Å². The summed E-state index contributed by atoms with van der Waals surface area (Å²) in [6.07, 6.45) is 4.01. The quantitative estimate of drug-likeness (QED) is 0.391. The molecule has 5 rings (SSSR count). The lowest BCUT2D eigenvalue weighted by molar-refractivity contribution is 0.0960. The third-order valence-corrected chi connectivity index (χ3v) is 9.56. The minimum Gasteiger partial charge on any atom is -0.493 e. The molecule has 0 amide bonds. The molecule has 0 saturated carbocycles. The van der Waals surface area contributed by atoms with Crippen LogP contribution in [0.15, 0.2) is 46.5 Å². The first-order valence-corrected chi connectivity index (χ1v) is 14.4. The second-order valence-corrected chi connectivity index (χ2v) is 11.7. The lowest BCUT2D eigenvalue weighted by Crippen LogP contribution is -2.27. The zero-order valence-corrected chi connectivity index (χ0v) is 21.7. The van der Waals surface area contributed by atoms with Crippen LogP contribution in [0.1, 0.15) is 31.2 Å². The molecule has 0 radical (unpaired) electrons. The first kappa shape index (κ1) is 24.4. The topological polar surface area (TPSA) is 82.9 Å². The van der Waals surface area contributed by atoms with Crippen LogP contribution in [0.25, 0.3) is 11.0 Å². The number of hydrogen-bond acceptors (Lipinski definition) is 7. The molecule has 188 valence electrons. The molecule has 8 nitrogen and oxygen atoms in total. The third-order valence-electron chi connectivity index (χ3n) is 6.64. The van der Waals surface area contributed by atoms with Crippen molar-refractivity contribution < 1.29 is 22.6 Å². The van der Waals surface area contributed by atoms with E-state index in [4.69, 9.17) is 19.2 Å². The lowest BCUT2D eigenvalue weighted by Gasteiger charge is -2.16. The van der Waals surface area contributed by atoms with Gasteiger partial charge in [-0.25, -0.2) is 13.4 Å². The molecule has 0 aliphatic carbocycles. The Kier molecular flexibility index (Phi) is 7.24. The Morgan fingerprint density at radius 3 is 2.66 bits per heavy atom. The van der Waals surface area contributed by atoms with Gasteiger partial charge in [-0.1, -0.05) is 23.9 Å². The maximum Gasteiger partial charge on any atom is 0.243 e. The van der Waals surface area contributed by atoms with Crippen LogP contribution in [0.2, 0.25) is 0 Å². The molecular weight excluding hydrogens is 486 g/mol. The fourth-order valence-electron chi connectivity index (χ4n) is 4.81. The SMILES string of the molecule is COc1cccc(CSc2nc3cc(S(=O)(=O)N4CCCC4)ccc3n2CC2CCCO2)c1OC. The Morgan fingerprint density at radius 2 is 1.94 bits per heavy atom.